The maximum Gasteiger partial charge on any atom is 0.348 e. The van der Waals surface area contributed by atoms with E-state index >= 15 is 0 Å². The molecule has 0 unspecified atom stereocenters. The summed E-state index contributed by atoms with van der Waals surface area (Å²) >= 11 is 7.26. The first-order chi connectivity index (χ1) is 15.5. The van der Waals surface area contributed by atoms with Crippen molar-refractivity contribution >= 4 is 39.1 Å². The Bertz CT molecular complexity index is 1420. The summed E-state index contributed by atoms with van der Waals surface area (Å²) in [4.78, 5) is 18.1. The summed E-state index contributed by atoms with van der Waals surface area (Å²) < 4.78 is 25.3. The van der Waals surface area contributed by atoms with Crippen molar-refractivity contribution in [2.75, 3.05) is 0 Å². The average molecular weight is 469 g/mol. The van der Waals surface area contributed by atoms with Crippen LogP contribution in [0, 0.1) is 12.7 Å². The van der Waals surface area contributed by atoms with E-state index in [0.29, 0.717) is 15.5 Å². The molecule has 0 aliphatic rings. The maximum atomic E-state index is 13.1. The van der Waals surface area contributed by atoms with E-state index in [2.05, 4.69) is 15.2 Å². The number of hydrogen-bond acceptors (Lipinski definition) is 7. The molecule has 160 valence electrons. The van der Waals surface area contributed by atoms with Gasteiger partial charge in [-0.3, -0.25) is 0 Å². The molecule has 32 heavy (non-hydrogen) atoms. The predicted octanol–water partition coefficient (Wildman–Crippen LogP) is 5.59. The standard InChI is InChI=1S/C22H14ClFN4O3S/c1-12-17-10-18(32-21(17)28(26-12)16-8-4-14(23)5-9-16)22(29)30-11-19-25-20(27-31-19)13-2-6-15(24)7-3-13/h2-10H,11H2,1H3. The molecule has 10 heteroatoms. The summed E-state index contributed by atoms with van der Waals surface area (Å²) in [5.74, 6) is -0.433. The van der Waals surface area contributed by atoms with E-state index in [1.165, 1.54) is 23.5 Å². The van der Waals surface area contributed by atoms with Crippen LogP contribution in [-0.2, 0) is 11.3 Å². The lowest BCUT2D eigenvalue weighted by Crippen LogP contribution is -2.03. The molecular weight excluding hydrogens is 455 g/mol. The number of carbonyl (C=O) groups is 1. The topological polar surface area (TPSA) is 83.0 Å². The Morgan fingerprint density at radius 1 is 1.19 bits per heavy atom. The van der Waals surface area contributed by atoms with E-state index < -0.39 is 5.97 Å². The highest BCUT2D eigenvalue weighted by atomic mass is 35.5. The molecule has 0 spiro atoms. The predicted molar refractivity (Wildman–Crippen MR) is 118 cm³/mol. The highest BCUT2D eigenvalue weighted by molar-refractivity contribution is 7.20. The molecule has 0 aliphatic heterocycles. The lowest BCUT2D eigenvalue weighted by atomic mass is 10.2. The number of esters is 1. The fourth-order valence-electron chi connectivity index (χ4n) is 3.13. The summed E-state index contributed by atoms with van der Waals surface area (Å²) in [5, 5.41) is 9.89. The number of carbonyl (C=O) groups excluding carboxylic acids is 1. The third-order valence-corrected chi connectivity index (χ3v) is 6.06. The third kappa shape index (κ3) is 3.88. The monoisotopic (exact) mass is 468 g/mol. The average Bonchev–Trinajstić information content (AvgIpc) is 3.50. The second-order valence-electron chi connectivity index (χ2n) is 6.90. The van der Waals surface area contributed by atoms with Gasteiger partial charge in [-0.25, -0.2) is 13.9 Å². The van der Waals surface area contributed by atoms with Gasteiger partial charge >= 0.3 is 5.97 Å². The van der Waals surface area contributed by atoms with Crippen molar-refractivity contribution in [1.82, 2.24) is 19.9 Å². The van der Waals surface area contributed by atoms with Crippen LogP contribution in [0.5, 0.6) is 0 Å². The van der Waals surface area contributed by atoms with Crippen molar-refractivity contribution in [2.45, 2.75) is 13.5 Å². The van der Waals surface area contributed by atoms with Crippen LogP contribution in [0.15, 0.2) is 59.1 Å². The summed E-state index contributed by atoms with van der Waals surface area (Å²) in [5.41, 5.74) is 2.24. The van der Waals surface area contributed by atoms with Gasteiger partial charge < -0.3 is 9.26 Å². The van der Waals surface area contributed by atoms with Crippen molar-refractivity contribution in [1.29, 1.82) is 0 Å². The van der Waals surface area contributed by atoms with Crippen LogP contribution in [0.25, 0.3) is 27.3 Å². The van der Waals surface area contributed by atoms with Gasteiger partial charge in [0, 0.05) is 16.0 Å². The quantitative estimate of drug-likeness (QED) is 0.312. The molecule has 0 atom stereocenters. The van der Waals surface area contributed by atoms with E-state index in [-0.39, 0.29) is 24.1 Å². The molecule has 3 aromatic heterocycles. The minimum Gasteiger partial charge on any atom is -0.451 e. The first-order valence-electron chi connectivity index (χ1n) is 9.49. The number of halogens is 2. The van der Waals surface area contributed by atoms with Crippen LogP contribution in [0.2, 0.25) is 5.02 Å². The highest BCUT2D eigenvalue weighted by Gasteiger charge is 2.19. The molecule has 0 N–H and O–H groups in total. The van der Waals surface area contributed by atoms with Crippen molar-refractivity contribution < 1.29 is 18.4 Å². The van der Waals surface area contributed by atoms with Gasteiger partial charge in [0.05, 0.1) is 11.4 Å². The van der Waals surface area contributed by atoms with Crippen molar-refractivity contribution in [3.63, 3.8) is 0 Å². The Labute approximate surface area is 190 Å². The van der Waals surface area contributed by atoms with E-state index in [0.717, 1.165) is 21.6 Å². The van der Waals surface area contributed by atoms with Crippen molar-refractivity contribution in [2.24, 2.45) is 0 Å². The maximum absolute atomic E-state index is 13.1. The second kappa shape index (κ2) is 8.18. The van der Waals surface area contributed by atoms with Gasteiger partial charge in [-0.15, -0.1) is 11.3 Å². The largest absolute Gasteiger partial charge is 0.451 e. The summed E-state index contributed by atoms with van der Waals surface area (Å²) in [6, 6.07) is 14.7. The summed E-state index contributed by atoms with van der Waals surface area (Å²) in [6.45, 7) is 1.70. The molecule has 0 saturated carbocycles. The number of rotatable bonds is 5. The summed E-state index contributed by atoms with van der Waals surface area (Å²) in [7, 11) is 0. The molecule has 0 aliphatic carbocycles. The van der Waals surface area contributed by atoms with E-state index in [1.54, 1.807) is 35.0 Å². The van der Waals surface area contributed by atoms with Gasteiger partial charge in [0.2, 0.25) is 5.82 Å². The third-order valence-electron chi connectivity index (χ3n) is 4.71. The van der Waals surface area contributed by atoms with E-state index in [4.69, 9.17) is 20.9 Å². The molecule has 0 saturated heterocycles. The first kappa shape index (κ1) is 20.3. The number of aromatic nitrogens is 4. The lowest BCUT2D eigenvalue weighted by Gasteiger charge is -2.02. The van der Waals surface area contributed by atoms with E-state index in [1.807, 2.05) is 19.1 Å². The molecule has 7 nitrogen and oxygen atoms in total. The van der Waals surface area contributed by atoms with Crippen LogP contribution in [0.4, 0.5) is 4.39 Å². The molecule has 0 fully saturated rings. The summed E-state index contributed by atoms with van der Waals surface area (Å²) in [6.07, 6.45) is 0. The Hall–Kier alpha value is -3.56. The molecule has 0 amide bonds. The van der Waals surface area contributed by atoms with Crippen LogP contribution >= 0.6 is 22.9 Å². The van der Waals surface area contributed by atoms with Gasteiger partial charge in [0.25, 0.3) is 5.89 Å². The zero-order valence-corrected chi connectivity index (χ0v) is 18.2. The minimum atomic E-state index is -0.505. The van der Waals surface area contributed by atoms with Crippen molar-refractivity contribution in [3.05, 3.63) is 81.9 Å². The Morgan fingerprint density at radius 2 is 1.94 bits per heavy atom. The number of aryl methyl sites for hydroxylation is 1. The van der Waals surface area contributed by atoms with Crippen molar-refractivity contribution in [3.8, 4) is 17.1 Å². The SMILES string of the molecule is Cc1nn(-c2ccc(Cl)cc2)c2sc(C(=O)OCc3nc(-c4ccc(F)cc4)no3)cc12. The number of hydrogen-bond donors (Lipinski definition) is 0. The zero-order valence-electron chi connectivity index (χ0n) is 16.6. The fourth-order valence-corrected chi connectivity index (χ4v) is 4.34. The van der Waals surface area contributed by atoms with Gasteiger partial charge in [0.15, 0.2) is 6.61 Å². The molecule has 5 rings (SSSR count). The Balaban J connectivity index is 1.33. The van der Waals surface area contributed by atoms with Crippen LogP contribution < -0.4 is 0 Å². The fraction of sp³-hybridized carbons (Fsp3) is 0.0909. The second-order valence-corrected chi connectivity index (χ2v) is 8.36. The normalized spacial score (nSPS) is 11.2. The molecule has 3 heterocycles. The molecule has 5 aromatic rings. The Kier molecular flexibility index (Phi) is 5.20. The van der Waals surface area contributed by atoms with Gasteiger partial charge in [0.1, 0.15) is 15.5 Å². The van der Waals surface area contributed by atoms with E-state index in [9.17, 15) is 9.18 Å². The zero-order chi connectivity index (χ0) is 22.2. The number of benzene rings is 2. The number of fused-ring (bicyclic) bond motifs is 1. The molecule has 0 radical (unpaired) electrons. The molecule has 2 aromatic carbocycles. The Morgan fingerprint density at radius 3 is 2.69 bits per heavy atom. The number of nitrogens with zero attached hydrogens (tertiary/aromatic N) is 4. The number of thiophene rings is 1. The smallest absolute Gasteiger partial charge is 0.348 e. The minimum absolute atomic E-state index is 0.141. The number of ether oxygens (including phenoxy) is 1. The van der Waals surface area contributed by atoms with Crippen LogP contribution in [-0.4, -0.2) is 25.9 Å². The van der Waals surface area contributed by atoms with Gasteiger partial charge in [-0.05, 0) is 61.5 Å². The van der Waals surface area contributed by atoms with Gasteiger partial charge in [-0.2, -0.15) is 10.1 Å². The molecule has 0 bridgehead atoms. The van der Waals surface area contributed by atoms with Crippen LogP contribution in [0.3, 0.4) is 0 Å². The lowest BCUT2D eigenvalue weighted by molar-refractivity contribution is 0.0435. The van der Waals surface area contributed by atoms with Crippen LogP contribution in [0.1, 0.15) is 21.3 Å². The molecular formula is C22H14ClFN4O3S. The highest BCUT2D eigenvalue weighted by Crippen LogP contribution is 2.31. The first-order valence-corrected chi connectivity index (χ1v) is 10.7. The van der Waals surface area contributed by atoms with Gasteiger partial charge in [-0.1, -0.05) is 16.8 Å².